The number of nitrogens with one attached hydrogen (secondary N) is 1. The van der Waals surface area contributed by atoms with Gasteiger partial charge in [-0.2, -0.15) is 0 Å². The highest BCUT2D eigenvalue weighted by Crippen LogP contribution is 2.15. The van der Waals surface area contributed by atoms with Gasteiger partial charge < -0.3 is 15.2 Å². The molecule has 1 heterocycles. The van der Waals surface area contributed by atoms with Crippen molar-refractivity contribution in [3.8, 4) is 0 Å². The number of ether oxygens (including phenoxy) is 1. The van der Waals surface area contributed by atoms with Gasteiger partial charge in [0, 0.05) is 26.2 Å². The lowest BCUT2D eigenvalue weighted by Crippen LogP contribution is -2.39. The summed E-state index contributed by atoms with van der Waals surface area (Å²) in [5.41, 5.74) is 2.15. The van der Waals surface area contributed by atoms with E-state index in [4.69, 9.17) is 9.84 Å². The largest absolute Gasteiger partial charge is 0.480 e. The number of aliphatic carboxylic acids is 1. The molecule has 27 heavy (non-hydrogen) atoms. The maximum atomic E-state index is 12.3. The molecule has 1 aromatic rings. The molecule has 150 valence electrons. The third-order valence-electron chi connectivity index (χ3n) is 4.96. The summed E-state index contributed by atoms with van der Waals surface area (Å²) in [6, 6.07) is 8.27. The van der Waals surface area contributed by atoms with E-state index < -0.39 is 5.97 Å². The Morgan fingerprint density at radius 2 is 2.07 bits per heavy atom. The number of hydrogen-bond donors (Lipinski definition) is 2. The van der Waals surface area contributed by atoms with Crippen LogP contribution in [-0.2, 0) is 27.5 Å². The number of carboxylic acid groups (broad SMARTS) is 1. The molecule has 0 aliphatic carbocycles. The van der Waals surface area contributed by atoms with Crippen molar-refractivity contribution in [1.29, 1.82) is 0 Å². The molecule has 2 rings (SSSR count). The summed E-state index contributed by atoms with van der Waals surface area (Å²) in [6.45, 7) is 3.20. The summed E-state index contributed by atoms with van der Waals surface area (Å²) >= 11 is 0. The maximum Gasteiger partial charge on any atom is 0.317 e. The summed E-state index contributed by atoms with van der Waals surface area (Å²) in [5, 5.41) is 11.9. The first kappa shape index (κ1) is 21.3. The number of nitrogens with zero attached hydrogens (tertiary/aromatic N) is 2. The fourth-order valence-corrected chi connectivity index (χ4v) is 3.54. The second-order valence-corrected chi connectivity index (χ2v) is 7.20. The van der Waals surface area contributed by atoms with E-state index in [-0.39, 0.29) is 18.5 Å². The average molecular weight is 377 g/mol. The van der Waals surface area contributed by atoms with Crippen LogP contribution in [0.25, 0.3) is 0 Å². The second kappa shape index (κ2) is 11.0. The first-order valence-electron chi connectivity index (χ1n) is 9.45. The fourth-order valence-electron chi connectivity index (χ4n) is 3.54. The van der Waals surface area contributed by atoms with Crippen molar-refractivity contribution in [3.05, 3.63) is 35.4 Å². The molecule has 1 saturated heterocycles. The maximum absolute atomic E-state index is 12.3. The highest BCUT2D eigenvalue weighted by molar-refractivity contribution is 5.78. The molecule has 1 aromatic carbocycles. The van der Waals surface area contributed by atoms with E-state index in [2.05, 4.69) is 10.2 Å². The van der Waals surface area contributed by atoms with Gasteiger partial charge in [-0.25, -0.2) is 0 Å². The van der Waals surface area contributed by atoms with Crippen molar-refractivity contribution < 1.29 is 19.4 Å². The Hall–Kier alpha value is -1.96. The van der Waals surface area contributed by atoms with Gasteiger partial charge in [-0.15, -0.1) is 0 Å². The van der Waals surface area contributed by atoms with Gasteiger partial charge in [-0.1, -0.05) is 24.3 Å². The van der Waals surface area contributed by atoms with Gasteiger partial charge in [0.2, 0.25) is 5.91 Å². The van der Waals surface area contributed by atoms with Crippen molar-refractivity contribution in [2.24, 2.45) is 0 Å². The van der Waals surface area contributed by atoms with Gasteiger partial charge in [-0.05, 0) is 44.0 Å². The van der Waals surface area contributed by atoms with Crippen molar-refractivity contribution in [2.75, 3.05) is 40.3 Å². The number of rotatable bonds is 9. The van der Waals surface area contributed by atoms with Gasteiger partial charge in [-0.3, -0.25) is 19.4 Å². The first-order valence-corrected chi connectivity index (χ1v) is 9.45. The molecule has 2 N–H and O–H groups in total. The summed E-state index contributed by atoms with van der Waals surface area (Å²) < 4.78 is 5.14. The van der Waals surface area contributed by atoms with E-state index in [1.807, 2.05) is 36.2 Å². The number of carboxylic acids is 1. The number of likely N-dealkylation sites (N-methyl/N-ethyl adjacent to an activating group) is 1. The zero-order valence-corrected chi connectivity index (χ0v) is 16.3. The van der Waals surface area contributed by atoms with Crippen LogP contribution in [0.4, 0.5) is 0 Å². The number of hydrogen-bond acceptors (Lipinski definition) is 5. The van der Waals surface area contributed by atoms with E-state index >= 15 is 0 Å². The number of amides is 1. The van der Waals surface area contributed by atoms with Crippen LogP contribution in [0.1, 0.15) is 30.4 Å². The summed E-state index contributed by atoms with van der Waals surface area (Å²) in [5.74, 6) is -0.781. The Bertz CT molecular complexity index is 623. The molecular weight excluding hydrogens is 346 g/mol. The van der Waals surface area contributed by atoms with E-state index in [9.17, 15) is 9.59 Å². The fraction of sp³-hybridized carbons (Fsp3) is 0.600. The minimum absolute atomic E-state index is 0.0180. The quantitative estimate of drug-likeness (QED) is 0.676. The van der Waals surface area contributed by atoms with Crippen molar-refractivity contribution >= 4 is 11.9 Å². The third kappa shape index (κ3) is 7.66. The second-order valence-electron chi connectivity index (χ2n) is 7.20. The van der Waals surface area contributed by atoms with Gasteiger partial charge in [0.15, 0.2) is 0 Å². The number of methoxy groups -OCH3 is 1. The summed E-state index contributed by atoms with van der Waals surface area (Å²) in [7, 11) is 3.53. The van der Waals surface area contributed by atoms with Crippen LogP contribution in [0.5, 0.6) is 0 Å². The van der Waals surface area contributed by atoms with Crippen molar-refractivity contribution in [3.63, 3.8) is 0 Å². The predicted molar refractivity (Wildman–Crippen MR) is 103 cm³/mol. The Balaban J connectivity index is 1.75. The molecular formula is C20H31N3O4. The van der Waals surface area contributed by atoms with Crippen LogP contribution in [0, 0.1) is 0 Å². The lowest BCUT2D eigenvalue weighted by Gasteiger charge is -2.25. The molecule has 1 amide bonds. The molecule has 0 radical (unpaired) electrons. The standard InChI is InChI=1S/C20H31N3O4/c1-22(14-20(25)26)18-7-4-9-23(10-8-18)13-19(24)21-12-16-5-3-6-17(11-16)15-27-2/h3,5-6,11,18H,4,7-10,12-15H2,1-2H3,(H,21,24)(H,25,26). The summed E-state index contributed by atoms with van der Waals surface area (Å²) in [4.78, 5) is 27.2. The van der Waals surface area contributed by atoms with Crippen LogP contribution >= 0.6 is 0 Å². The lowest BCUT2D eigenvalue weighted by molar-refractivity contribution is -0.138. The van der Waals surface area contributed by atoms with Gasteiger partial charge in [0.05, 0.1) is 19.7 Å². The molecule has 7 nitrogen and oxygen atoms in total. The molecule has 1 aliphatic rings. The summed E-state index contributed by atoms with van der Waals surface area (Å²) in [6.07, 6.45) is 2.82. The molecule has 0 saturated carbocycles. The van der Waals surface area contributed by atoms with Crippen molar-refractivity contribution in [2.45, 2.75) is 38.5 Å². The molecule has 1 aliphatic heterocycles. The predicted octanol–water partition coefficient (Wildman–Crippen LogP) is 1.32. The molecule has 0 bridgehead atoms. The Kier molecular flexibility index (Phi) is 8.71. The number of likely N-dealkylation sites (tertiary alicyclic amines) is 1. The highest BCUT2D eigenvalue weighted by Gasteiger charge is 2.22. The Labute approximate surface area is 161 Å². The minimum atomic E-state index is -0.799. The smallest absolute Gasteiger partial charge is 0.317 e. The SMILES string of the molecule is COCc1cccc(CNC(=O)CN2CCCC(N(C)CC(=O)O)CC2)c1. The minimum Gasteiger partial charge on any atom is -0.480 e. The molecule has 1 unspecified atom stereocenters. The van der Waals surface area contributed by atoms with Crippen molar-refractivity contribution in [1.82, 2.24) is 15.1 Å². The highest BCUT2D eigenvalue weighted by atomic mass is 16.5. The zero-order valence-electron chi connectivity index (χ0n) is 16.3. The lowest BCUT2D eigenvalue weighted by atomic mass is 10.1. The Morgan fingerprint density at radius 3 is 2.81 bits per heavy atom. The zero-order chi connectivity index (χ0) is 19.6. The average Bonchev–Trinajstić information content (AvgIpc) is 2.86. The topological polar surface area (TPSA) is 82.1 Å². The first-order chi connectivity index (χ1) is 13.0. The van der Waals surface area contributed by atoms with Crippen LogP contribution in [0.15, 0.2) is 24.3 Å². The van der Waals surface area contributed by atoms with Gasteiger partial charge in [0.1, 0.15) is 0 Å². The molecule has 0 aromatic heterocycles. The third-order valence-corrected chi connectivity index (χ3v) is 4.96. The number of carbonyl (C=O) groups is 2. The van der Waals surface area contributed by atoms with E-state index in [0.717, 1.165) is 43.5 Å². The molecule has 7 heteroatoms. The van der Waals surface area contributed by atoms with E-state index in [0.29, 0.717) is 19.7 Å². The van der Waals surface area contributed by atoms with Gasteiger partial charge in [0.25, 0.3) is 0 Å². The number of carbonyl (C=O) groups excluding carboxylic acids is 1. The molecule has 1 fully saturated rings. The molecule has 1 atom stereocenters. The van der Waals surface area contributed by atoms with Crippen LogP contribution in [0.2, 0.25) is 0 Å². The van der Waals surface area contributed by atoms with Crippen LogP contribution in [-0.4, -0.2) is 73.2 Å². The van der Waals surface area contributed by atoms with E-state index in [1.54, 1.807) is 7.11 Å². The van der Waals surface area contributed by atoms with Crippen LogP contribution < -0.4 is 5.32 Å². The number of benzene rings is 1. The monoisotopic (exact) mass is 377 g/mol. The Morgan fingerprint density at radius 1 is 1.30 bits per heavy atom. The van der Waals surface area contributed by atoms with E-state index in [1.165, 1.54) is 0 Å². The molecule has 0 spiro atoms. The normalized spacial score (nSPS) is 18.3. The van der Waals surface area contributed by atoms with Crippen LogP contribution in [0.3, 0.4) is 0 Å². The van der Waals surface area contributed by atoms with Gasteiger partial charge >= 0.3 is 5.97 Å².